The van der Waals surface area contributed by atoms with Crippen LogP contribution in [-0.2, 0) is 9.59 Å². The molecule has 2 heterocycles. The highest BCUT2D eigenvalue weighted by molar-refractivity contribution is 5.88. The molecule has 0 fully saturated rings. The fraction of sp³-hybridized carbons (Fsp3) is 0.250. The predicted octanol–water partition coefficient (Wildman–Crippen LogP) is 5.15. The topological polar surface area (TPSA) is 95.2 Å². The minimum absolute atomic E-state index is 0.310. The smallest absolute Gasteiger partial charge is 0.344 e. The van der Waals surface area contributed by atoms with Crippen molar-refractivity contribution in [2.45, 2.75) is 39.2 Å². The Balaban J connectivity index is 0.000000212. The number of carbonyl (C=O) groups is 2. The summed E-state index contributed by atoms with van der Waals surface area (Å²) in [7, 11) is 0. The van der Waals surface area contributed by atoms with Crippen molar-refractivity contribution >= 4 is 34.1 Å². The van der Waals surface area contributed by atoms with E-state index in [0.29, 0.717) is 25.0 Å². The Morgan fingerprint density at radius 2 is 2.00 bits per heavy atom. The van der Waals surface area contributed by atoms with Gasteiger partial charge in [0, 0.05) is 29.7 Å². The van der Waals surface area contributed by atoms with Crippen LogP contribution in [0.15, 0.2) is 54.9 Å². The first-order valence-electron chi connectivity index (χ1n) is 9.93. The van der Waals surface area contributed by atoms with Gasteiger partial charge in [0.25, 0.3) is 0 Å². The van der Waals surface area contributed by atoms with E-state index in [9.17, 15) is 14.7 Å². The Morgan fingerprint density at radius 3 is 2.77 bits per heavy atom. The van der Waals surface area contributed by atoms with Crippen molar-refractivity contribution in [3.05, 3.63) is 66.0 Å². The van der Waals surface area contributed by atoms with Gasteiger partial charge in [0.1, 0.15) is 12.0 Å². The summed E-state index contributed by atoms with van der Waals surface area (Å²) in [6, 6.07) is 14.0. The molecule has 0 radical (unpaired) electrons. The monoisotopic (exact) mass is 406 g/mol. The number of aromatic amines is 2. The lowest BCUT2D eigenvalue weighted by atomic mass is 10.1. The van der Waals surface area contributed by atoms with Gasteiger partial charge in [0.2, 0.25) is 0 Å². The Hall–Kier alpha value is -3.54. The van der Waals surface area contributed by atoms with Crippen molar-refractivity contribution in [2.24, 2.45) is 0 Å². The van der Waals surface area contributed by atoms with Crippen molar-refractivity contribution in [3.63, 3.8) is 0 Å². The molecule has 4 rings (SSSR count). The van der Waals surface area contributed by atoms with Crippen LogP contribution in [-0.4, -0.2) is 33.4 Å². The summed E-state index contributed by atoms with van der Waals surface area (Å²) in [6.07, 6.45) is 4.82. The second-order valence-electron chi connectivity index (χ2n) is 7.26. The normalized spacial score (nSPS) is 11.7. The molecule has 0 aliphatic heterocycles. The molecule has 6 nitrogen and oxygen atoms in total. The SMILES string of the molecule is Cc1c[nH]c2c(OC(CCCC=O)C(=O)O)cccc12.Cc1ccc2cc[nH]c2c1. The first kappa shape index (κ1) is 21.2. The second-order valence-corrected chi connectivity index (χ2v) is 7.26. The van der Waals surface area contributed by atoms with Gasteiger partial charge < -0.3 is 24.6 Å². The molecule has 1 unspecified atom stereocenters. The third-order valence-electron chi connectivity index (χ3n) is 4.93. The van der Waals surface area contributed by atoms with Crippen LogP contribution in [0.1, 0.15) is 30.4 Å². The third-order valence-corrected chi connectivity index (χ3v) is 4.93. The molecule has 0 saturated heterocycles. The van der Waals surface area contributed by atoms with Gasteiger partial charge in [-0.3, -0.25) is 0 Å². The third kappa shape index (κ3) is 5.08. The molecule has 0 spiro atoms. The first-order valence-corrected chi connectivity index (χ1v) is 9.93. The summed E-state index contributed by atoms with van der Waals surface area (Å²) in [5.41, 5.74) is 4.40. The van der Waals surface area contributed by atoms with Gasteiger partial charge in [0.05, 0.1) is 5.52 Å². The van der Waals surface area contributed by atoms with Crippen LogP contribution in [0.5, 0.6) is 5.75 Å². The van der Waals surface area contributed by atoms with E-state index < -0.39 is 12.1 Å². The highest BCUT2D eigenvalue weighted by atomic mass is 16.5. The number of ether oxygens (including phenoxy) is 1. The zero-order valence-electron chi connectivity index (χ0n) is 17.1. The van der Waals surface area contributed by atoms with Crippen LogP contribution in [0.3, 0.4) is 0 Å². The van der Waals surface area contributed by atoms with E-state index in [1.165, 1.54) is 16.5 Å². The molecular formula is C24H26N2O4. The van der Waals surface area contributed by atoms with Gasteiger partial charge in [-0.1, -0.05) is 24.3 Å². The fourth-order valence-corrected chi connectivity index (χ4v) is 3.30. The van der Waals surface area contributed by atoms with Gasteiger partial charge >= 0.3 is 5.97 Å². The van der Waals surface area contributed by atoms with E-state index in [2.05, 4.69) is 41.2 Å². The maximum Gasteiger partial charge on any atom is 0.344 e. The number of nitrogens with one attached hydrogen (secondary N) is 2. The van der Waals surface area contributed by atoms with E-state index in [1.807, 2.05) is 31.5 Å². The number of aromatic nitrogens is 2. The number of hydrogen-bond donors (Lipinski definition) is 3. The van der Waals surface area contributed by atoms with E-state index >= 15 is 0 Å². The summed E-state index contributed by atoms with van der Waals surface area (Å²) in [5, 5.41) is 11.5. The average molecular weight is 406 g/mol. The molecule has 2 aromatic heterocycles. The molecule has 6 heteroatoms. The molecule has 4 aromatic rings. The van der Waals surface area contributed by atoms with Crippen LogP contribution in [0.25, 0.3) is 21.8 Å². The lowest BCUT2D eigenvalue weighted by Gasteiger charge is -2.15. The molecule has 1 atom stereocenters. The molecular weight excluding hydrogens is 380 g/mol. The molecule has 156 valence electrons. The summed E-state index contributed by atoms with van der Waals surface area (Å²) < 4.78 is 5.60. The summed E-state index contributed by atoms with van der Waals surface area (Å²) >= 11 is 0. The number of benzene rings is 2. The van der Waals surface area contributed by atoms with Gasteiger partial charge in [-0.05, 0) is 61.4 Å². The van der Waals surface area contributed by atoms with E-state index in [1.54, 1.807) is 6.07 Å². The van der Waals surface area contributed by atoms with Gasteiger partial charge in [-0.25, -0.2) is 4.79 Å². The van der Waals surface area contributed by atoms with Crippen LogP contribution >= 0.6 is 0 Å². The van der Waals surface area contributed by atoms with Gasteiger partial charge in [0.15, 0.2) is 6.10 Å². The van der Waals surface area contributed by atoms with Gasteiger partial charge in [-0.2, -0.15) is 0 Å². The molecule has 30 heavy (non-hydrogen) atoms. The summed E-state index contributed by atoms with van der Waals surface area (Å²) in [4.78, 5) is 27.8. The van der Waals surface area contributed by atoms with Crippen molar-refractivity contribution in [1.82, 2.24) is 9.97 Å². The van der Waals surface area contributed by atoms with Crippen molar-refractivity contribution < 1.29 is 19.4 Å². The van der Waals surface area contributed by atoms with Crippen molar-refractivity contribution in [1.29, 1.82) is 0 Å². The largest absolute Gasteiger partial charge is 0.479 e. The number of aldehydes is 1. The molecule has 0 aliphatic carbocycles. The zero-order valence-corrected chi connectivity index (χ0v) is 17.1. The second kappa shape index (κ2) is 9.78. The number of aryl methyl sites for hydroxylation is 2. The lowest BCUT2D eigenvalue weighted by molar-refractivity contribution is -0.145. The van der Waals surface area contributed by atoms with Crippen LogP contribution in [0.2, 0.25) is 0 Å². The van der Waals surface area contributed by atoms with Crippen LogP contribution in [0, 0.1) is 13.8 Å². The Morgan fingerprint density at radius 1 is 1.17 bits per heavy atom. The molecule has 0 saturated carbocycles. The summed E-state index contributed by atoms with van der Waals surface area (Å²) in [6.45, 7) is 4.07. The highest BCUT2D eigenvalue weighted by Gasteiger charge is 2.20. The number of H-pyrrole nitrogens is 2. The Bertz CT molecular complexity index is 1140. The highest BCUT2D eigenvalue weighted by Crippen LogP contribution is 2.28. The number of carboxylic acid groups (broad SMARTS) is 1. The number of para-hydroxylation sites is 1. The number of aliphatic carboxylic acids is 1. The lowest BCUT2D eigenvalue weighted by Crippen LogP contribution is -2.27. The molecule has 3 N–H and O–H groups in total. The first-order chi connectivity index (χ1) is 14.5. The minimum Gasteiger partial charge on any atom is -0.479 e. The Kier molecular flexibility index (Phi) is 6.91. The quantitative estimate of drug-likeness (QED) is 0.292. The minimum atomic E-state index is -1.02. The van der Waals surface area contributed by atoms with Crippen LogP contribution in [0.4, 0.5) is 0 Å². The van der Waals surface area contributed by atoms with E-state index in [4.69, 9.17) is 4.74 Å². The van der Waals surface area contributed by atoms with Crippen LogP contribution < -0.4 is 4.74 Å². The Labute approximate surface area is 174 Å². The summed E-state index contributed by atoms with van der Waals surface area (Å²) in [5.74, 6) is -0.495. The van der Waals surface area contributed by atoms with E-state index in [0.717, 1.165) is 22.8 Å². The number of carboxylic acids is 1. The number of carbonyl (C=O) groups excluding carboxylic acids is 1. The van der Waals surface area contributed by atoms with Crippen molar-refractivity contribution in [2.75, 3.05) is 0 Å². The molecule has 2 aromatic carbocycles. The molecule has 0 aliphatic rings. The van der Waals surface area contributed by atoms with E-state index in [-0.39, 0.29) is 0 Å². The molecule has 0 amide bonds. The number of hydrogen-bond acceptors (Lipinski definition) is 3. The molecule has 0 bridgehead atoms. The van der Waals surface area contributed by atoms with Crippen molar-refractivity contribution in [3.8, 4) is 5.75 Å². The number of rotatable bonds is 7. The van der Waals surface area contributed by atoms with Gasteiger partial charge in [-0.15, -0.1) is 0 Å². The standard InChI is InChI=1S/C15H17NO4.C9H9N/c1-10-9-16-14-11(10)5-4-7-12(14)20-13(15(18)19)6-2-3-8-17;1-7-2-3-8-4-5-10-9(8)6-7/h4-5,7-9,13,16H,2-3,6H2,1H3,(H,18,19);2-6,10H,1H3. The maximum absolute atomic E-state index is 11.2. The average Bonchev–Trinajstić information content (AvgIpc) is 3.34. The fourth-order valence-electron chi connectivity index (χ4n) is 3.30. The zero-order chi connectivity index (χ0) is 21.5. The maximum atomic E-state index is 11.2. The number of unbranched alkanes of at least 4 members (excludes halogenated alkanes) is 1. The predicted molar refractivity (Wildman–Crippen MR) is 118 cm³/mol. The number of fused-ring (bicyclic) bond motifs is 2.